The fourth-order valence-corrected chi connectivity index (χ4v) is 5.09. The second-order valence-corrected chi connectivity index (χ2v) is 7.99. The molecule has 4 unspecified atom stereocenters. The van der Waals surface area contributed by atoms with Gasteiger partial charge in [0.1, 0.15) is 13.2 Å². The summed E-state index contributed by atoms with van der Waals surface area (Å²) in [5.41, 5.74) is 1.24. The van der Waals surface area contributed by atoms with Crippen LogP contribution in [0.5, 0.6) is 11.5 Å². The quantitative estimate of drug-likeness (QED) is 0.393. The van der Waals surface area contributed by atoms with Gasteiger partial charge in [-0.1, -0.05) is 6.07 Å². The van der Waals surface area contributed by atoms with Gasteiger partial charge in [0.15, 0.2) is 17.5 Å². The molecule has 0 radical (unpaired) electrons. The third-order valence-corrected chi connectivity index (χ3v) is 6.36. The summed E-state index contributed by atoms with van der Waals surface area (Å²) in [4.78, 5) is 7.37. The first kappa shape index (κ1) is 20.1. The fourth-order valence-electron chi connectivity index (χ4n) is 5.09. The minimum Gasteiger partial charge on any atom is -0.486 e. The molecular weight excluding hydrogens is 469 g/mol. The van der Waals surface area contributed by atoms with Crippen molar-refractivity contribution in [3.63, 3.8) is 0 Å². The first-order valence-corrected chi connectivity index (χ1v) is 10.4. The van der Waals surface area contributed by atoms with Crippen LogP contribution in [-0.4, -0.2) is 62.5 Å². The van der Waals surface area contributed by atoms with E-state index in [2.05, 4.69) is 29.3 Å². The molecule has 4 atom stereocenters. The molecule has 0 aromatic heterocycles. The average Bonchev–Trinajstić information content (AvgIpc) is 3.40. The molecule has 4 aliphatic rings. The Bertz CT molecular complexity index is 711. The largest absolute Gasteiger partial charge is 0.486 e. The second kappa shape index (κ2) is 8.65. The highest BCUT2D eigenvalue weighted by Gasteiger charge is 2.53. The Morgan fingerprint density at radius 2 is 1.82 bits per heavy atom. The van der Waals surface area contributed by atoms with Crippen LogP contribution in [0.4, 0.5) is 0 Å². The SMILES string of the molecule is CCNC(=NCCc1ccc2c(c1)OCCO2)N1CC2C3CCC(O3)C2C1.I. The van der Waals surface area contributed by atoms with E-state index in [1.165, 1.54) is 18.4 Å². The zero-order chi connectivity index (χ0) is 18.2. The summed E-state index contributed by atoms with van der Waals surface area (Å²) >= 11 is 0. The van der Waals surface area contributed by atoms with Crippen molar-refractivity contribution in [3.05, 3.63) is 23.8 Å². The van der Waals surface area contributed by atoms with Crippen LogP contribution in [0.1, 0.15) is 25.3 Å². The van der Waals surface area contributed by atoms with Crippen molar-refractivity contribution in [2.45, 2.75) is 38.4 Å². The smallest absolute Gasteiger partial charge is 0.193 e. The van der Waals surface area contributed by atoms with Gasteiger partial charge in [-0.05, 0) is 43.9 Å². The lowest BCUT2D eigenvalue weighted by Crippen LogP contribution is -2.41. The number of rotatable bonds is 4. The summed E-state index contributed by atoms with van der Waals surface area (Å²) in [7, 11) is 0. The van der Waals surface area contributed by atoms with E-state index in [1.54, 1.807) is 0 Å². The second-order valence-electron chi connectivity index (χ2n) is 7.99. The molecule has 1 aromatic rings. The van der Waals surface area contributed by atoms with Crippen molar-refractivity contribution in [1.29, 1.82) is 0 Å². The van der Waals surface area contributed by atoms with Gasteiger partial charge in [-0.2, -0.15) is 0 Å². The van der Waals surface area contributed by atoms with Gasteiger partial charge >= 0.3 is 0 Å². The molecule has 28 heavy (non-hydrogen) atoms. The number of hydrogen-bond donors (Lipinski definition) is 1. The summed E-state index contributed by atoms with van der Waals surface area (Å²) in [5.74, 6) is 4.17. The number of aliphatic imine (C=N–C) groups is 1. The van der Waals surface area contributed by atoms with Gasteiger partial charge in [-0.25, -0.2) is 0 Å². The maximum atomic E-state index is 6.10. The molecule has 3 fully saturated rings. The molecule has 7 heteroatoms. The number of halogens is 1. The van der Waals surface area contributed by atoms with Crippen LogP contribution in [0.2, 0.25) is 0 Å². The molecular formula is C21H30IN3O3. The van der Waals surface area contributed by atoms with Crippen molar-refractivity contribution < 1.29 is 14.2 Å². The maximum Gasteiger partial charge on any atom is 0.193 e. The number of guanidine groups is 1. The zero-order valence-corrected chi connectivity index (χ0v) is 18.8. The molecule has 154 valence electrons. The minimum absolute atomic E-state index is 0. The summed E-state index contributed by atoms with van der Waals surface area (Å²) in [6, 6.07) is 6.22. The Morgan fingerprint density at radius 1 is 1.11 bits per heavy atom. The number of hydrogen-bond acceptors (Lipinski definition) is 4. The number of nitrogens with zero attached hydrogens (tertiary/aromatic N) is 2. The highest BCUT2D eigenvalue weighted by molar-refractivity contribution is 14.0. The van der Waals surface area contributed by atoms with E-state index >= 15 is 0 Å². The molecule has 6 nitrogen and oxygen atoms in total. The van der Waals surface area contributed by atoms with E-state index in [1.807, 2.05) is 6.07 Å². The topological polar surface area (TPSA) is 55.3 Å². The molecule has 1 N–H and O–H groups in total. The van der Waals surface area contributed by atoms with Gasteiger partial charge in [0, 0.05) is 38.0 Å². The lowest BCUT2D eigenvalue weighted by Gasteiger charge is -2.23. The van der Waals surface area contributed by atoms with Gasteiger partial charge in [-0.3, -0.25) is 4.99 Å². The normalized spacial score (nSPS) is 30.2. The Hall–Kier alpha value is -1.22. The van der Waals surface area contributed by atoms with E-state index in [0.29, 0.717) is 37.3 Å². The lowest BCUT2D eigenvalue weighted by atomic mass is 9.82. The Morgan fingerprint density at radius 3 is 2.54 bits per heavy atom. The standard InChI is InChI=1S/C21H29N3O3.HI/c1-2-22-21(24-12-15-16(13-24)18-6-5-17(15)27-18)23-8-7-14-3-4-19-20(11-14)26-10-9-25-19;/h3-4,11,15-18H,2,5-10,12-13H2,1H3,(H,22,23);1H. The van der Waals surface area contributed by atoms with Gasteiger partial charge in [0.25, 0.3) is 0 Å². The van der Waals surface area contributed by atoms with Crippen LogP contribution in [0.3, 0.4) is 0 Å². The molecule has 0 spiro atoms. The molecule has 2 bridgehead atoms. The Balaban J connectivity index is 0.00000192. The fraction of sp³-hybridized carbons (Fsp3) is 0.667. The van der Waals surface area contributed by atoms with Crippen LogP contribution in [0, 0.1) is 11.8 Å². The number of benzene rings is 1. The van der Waals surface area contributed by atoms with Crippen LogP contribution in [-0.2, 0) is 11.2 Å². The third-order valence-electron chi connectivity index (χ3n) is 6.36. The predicted molar refractivity (Wildman–Crippen MR) is 119 cm³/mol. The number of fused-ring (bicyclic) bond motifs is 6. The number of nitrogens with one attached hydrogen (secondary N) is 1. The van der Waals surface area contributed by atoms with E-state index in [0.717, 1.165) is 50.1 Å². The molecule has 4 heterocycles. The third kappa shape index (κ3) is 3.79. The van der Waals surface area contributed by atoms with Crippen LogP contribution in [0.25, 0.3) is 0 Å². The summed E-state index contributed by atoms with van der Waals surface area (Å²) < 4.78 is 17.4. The monoisotopic (exact) mass is 499 g/mol. The lowest BCUT2D eigenvalue weighted by molar-refractivity contribution is 0.0767. The van der Waals surface area contributed by atoms with Crippen molar-refractivity contribution in [1.82, 2.24) is 10.2 Å². The first-order valence-electron chi connectivity index (χ1n) is 10.4. The molecule has 4 aliphatic heterocycles. The van der Waals surface area contributed by atoms with Crippen molar-refractivity contribution in [2.24, 2.45) is 16.8 Å². The Kier molecular flexibility index (Phi) is 6.20. The minimum atomic E-state index is 0. The van der Waals surface area contributed by atoms with Gasteiger partial charge in [-0.15, -0.1) is 24.0 Å². The average molecular weight is 499 g/mol. The molecule has 1 aromatic carbocycles. The number of likely N-dealkylation sites (tertiary alicyclic amines) is 1. The maximum absolute atomic E-state index is 6.10. The van der Waals surface area contributed by atoms with Gasteiger partial charge < -0.3 is 24.4 Å². The van der Waals surface area contributed by atoms with E-state index < -0.39 is 0 Å². The Labute approximate surface area is 184 Å². The van der Waals surface area contributed by atoms with Gasteiger partial charge in [0.05, 0.1) is 12.2 Å². The van der Waals surface area contributed by atoms with E-state index in [9.17, 15) is 0 Å². The molecule has 3 saturated heterocycles. The van der Waals surface area contributed by atoms with E-state index in [-0.39, 0.29) is 24.0 Å². The molecule has 0 aliphatic carbocycles. The highest BCUT2D eigenvalue weighted by Crippen LogP contribution is 2.47. The van der Waals surface area contributed by atoms with Crippen LogP contribution >= 0.6 is 24.0 Å². The summed E-state index contributed by atoms with van der Waals surface area (Å²) in [5, 5.41) is 3.49. The summed E-state index contributed by atoms with van der Waals surface area (Å²) in [6.07, 6.45) is 4.38. The van der Waals surface area contributed by atoms with Crippen molar-refractivity contribution in [3.8, 4) is 11.5 Å². The summed E-state index contributed by atoms with van der Waals surface area (Å²) in [6.45, 7) is 7.24. The predicted octanol–water partition coefficient (Wildman–Crippen LogP) is 2.69. The van der Waals surface area contributed by atoms with Gasteiger partial charge in [0.2, 0.25) is 0 Å². The van der Waals surface area contributed by atoms with Crippen molar-refractivity contribution >= 4 is 29.9 Å². The molecule has 0 amide bonds. The first-order chi connectivity index (χ1) is 13.3. The molecule has 5 rings (SSSR count). The highest BCUT2D eigenvalue weighted by atomic mass is 127. The van der Waals surface area contributed by atoms with Crippen LogP contribution < -0.4 is 14.8 Å². The zero-order valence-electron chi connectivity index (χ0n) is 16.4. The number of ether oxygens (including phenoxy) is 3. The van der Waals surface area contributed by atoms with Crippen molar-refractivity contribution in [2.75, 3.05) is 39.4 Å². The van der Waals surface area contributed by atoms with E-state index in [4.69, 9.17) is 19.2 Å². The molecule has 0 saturated carbocycles. The van der Waals surface area contributed by atoms with Crippen LogP contribution in [0.15, 0.2) is 23.2 Å².